The van der Waals surface area contributed by atoms with Gasteiger partial charge in [-0.1, -0.05) is 20.8 Å². The van der Waals surface area contributed by atoms with Crippen LogP contribution in [0.4, 0.5) is 5.69 Å². The fourth-order valence-electron chi connectivity index (χ4n) is 2.38. The van der Waals surface area contributed by atoms with Gasteiger partial charge in [0.1, 0.15) is 0 Å². The molecule has 1 atom stereocenters. The second-order valence-corrected chi connectivity index (χ2v) is 5.82. The highest BCUT2D eigenvalue weighted by molar-refractivity contribution is 5.53. The zero-order valence-electron chi connectivity index (χ0n) is 13.3. The van der Waals surface area contributed by atoms with Crippen LogP contribution in [-0.2, 0) is 6.54 Å². The molecule has 1 rings (SSSR count). The fourth-order valence-corrected chi connectivity index (χ4v) is 2.38. The Morgan fingerprint density at radius 2 is 2.00 bits per heavy atom. The van der Waals surface area contributed by atoms with Crippen molar-refractivity contribution in [2.24, 2.45) is 5.92 Å². The summed E-state index contributed by atoms with van der Waals surface area (Å²) in [5, 5.41) is 3.39. The third-order valence-electron chi connectivity index (χ3n) is 3.52. The molecule has 3 heteroatoms. The minimum Gasteiger partial charge on any atom is -0.372 e. The summed E-state index contributed by atoms with van der Waals surface area (Å²) in [6.07, 6.45) is 3.21. The van der Waals surface area contributed by atoms with Gasteiger partial charge in [-0.05, 0) is 38.8 Å². The maximum Gasteiger partial charge on any atom is 0.0445 e. The van der Waals surface area contributed by atoms with E-state index in [4.69, 9.17) is 0 Å². The third-order valence-corrected chi connectivity index (χ3v) is 3.52. The maximum absolute atomic E-state index is 4.43. The largest absolute Gasteiger partial charge is 0.372 e. The van der Waals surface area contributed by atoms with Crippen LogP contribution in [0.5, 0.6) is 0 Å². The zero-order valence-corrected chi connectivity index (χ0v) is 13.3. The van der Waals surface area contributed by atoms with Crippen molar-refractivity contribution in [2.75, 3.05) is 18.5 Å². The molecule has 1 aromatic heterocycles. The number of aryl methyl sites for hydroxylation is 1. The molecule has 1 unspecified atom stereocenters. The lowest BCUT2D eigenvalue weighted by molar-refractivity contribution is 0.503. The minimum absolute atomic E-state index is 0.544. The number of nitrogens with zero attached hydrogens (tertiary/aromatic N) is 2. The van der Waals surface area contributed by atoms with E-state index >= 15 is 0 Å². The van der Waals surface area contributed by atoms with E-state index in [1.54, 1.807) is 0 Å². The summed E-state index contributed by atoms with van der Waals surface area (Å²) in [7, 11) is 2.19. The van der Waals surface area contributed by atoms with Crippen LogP contribution in [0.15, 0.2) is 12.3 Å². The van der Waals surface area contributed by atoms with Crippen LogP contribution in [0.2, 0.25) is 0 Å². The number of hydrogen-bond acceptors (Lipinski definition) is 3. The molecule has 0 fully saturated rings. The van der Waals surface area contributed by atoms with Crippen LogP contribution >= 0.6 is 0 Å². The van der Waals surface area contributed by atoms with Crippen molar-refractivity contribution in [3.05, 3.63) is 23.5 Å². The normalized spacial score (nSPS) is 12.8. The molecular weight excluding hydrogens is 234 g/mol. The van der Waals surface area contributed by atoms with E-state index in [1.165, 1.54) is 17.7 Å². The first-order chi connectivity index (χ1) is 8.95. The number of rotatable bonds is 7. The summed E-state index contributed by atoms with van der Waals surface area (Å²) in [5.74, 6) is 0.720. The number of pyridine rings is 1. The van der Waals surface area contributed by atoms with Crippen LogP contribution in [0.25, 0.3) is 0 Å². The fraction of sp³-hybridized carbons (Fsp3) is 0.688. The highest BCUT2D eigenvalue weighted by Gasteiger charge is 2.15. The molecule has 1 heterocycles. The van der Waals surface area contributed by atoms with Crippen LogP contribution in [0.3, 0.4) is 0 Å². The predicted octanol–water partition coefficient (Wildman–Crippen LogP) is 3.37. The van der Waals surface area contributed by atoms with Gasteiger partial charge in [0.15, 0.2) is 0 Å². The van der Waals surface area contributed by atoms with Crippen molar-refractivity contribution in [1.82, 2.24) is 10.3 Å². The Morgan fingerprint density at radius 1 is 1.32 bits per heavy atom. The van der Waals surface area contributed by atoms with Crippen molar-refractivity contribution in [2.45, 2.75) is 53.6 Å². The first kappa shape index (κ1) is 16.0. The average molecular weight is 263 g/mol. The summed E-state index contributed by atoms with van der Waals surface area (Å²) in [6.45, 7) is 12.9. The Hall–Kier alpha value is -1.09. The molecule has 0 radical (unpaired) electrons. The number of aromatic nitrogens is 1. The predicted molar refractivity (Wildman–Crippen MR) is 83.7 cm³/mol. The van der Waals surface area contributed by atoms with Gasteiger partial charge in [-0.3, -0.25) is 4.98 Å². The first-order valence-corrected chi connectivity index (χ1v) is 7.34. The molecule has 1 N–H and O–H groups in total. The molecule has 0 aliphatic carbocycles. The van der Waals surface area contributed by atoms with Gasteiger partial charge in [0, 0.05) is 42.8 Å². The molecule has 108 valence electrons. The summed E-state index contributed by atoms with van der Waals surface area (Å²) < 4.78 is 0. The SMILES string of the molecule is CCNCc1cnc(C)cc1N(C)C(C)CC(C)C. The second-order valence-electron chi connectivity index (χ2n) is 5.82. The van der Waals surface area contributed by atoms with Gasteiger partial charge in [0.2, 0.25) is 0 Å². The van der Waals surface area contributed by atoms with E-state index in [0.29, 0.717) is 6.04 Å². The Bertz CT molecular complexity index is 388. The van der Waals surface area contributed by atoms with Crippen molar-refractivity contribution in [3.8, 4) is 0 Å². The third kappa shape index (κ3) is 4.83. The van der Waals surface area contributed by atoms with Crippen LogP contribution in [-0.4, -0.2) is 24.6 Å². The smallest absolute Gasteiger partial charge is 0.0445 e. The number of anilines is 1. The topological polar surface area (TPSA) is 28.2 Å². The molecular formula is C16H29N3. The lowest BCUT2D eigenvalue weighted by Gasteiger charge is -2.30. The Morgan fingerprint density at radius 3 is 2.58 bits per heavy atom. The van der Waals surface area contributed by atoms with Gasteiger partial charge in [-0.2, -0.15) is 0 Å². The van der Waals surface area contributed by atoms with Crippen molar-refractivity contribution < 1.29 is 0 Å². The summed E-state index contributed by atoms with van der Waals surface area (Å²) in [5.41, 5.74) is 3.67. The standard InChI is InChI=1S/C16H29N3/c1-7-17-10-15-11-18-13(4)9-16(15)19(6)14(5)8-12(2)3/h9,11-12,14,17H,7-8,10H2,1-6H3. The molecule has 0 saturated carbocycles. The van der Waals surface area contributed by atoms with Crippen LogP contribution in [0.1, 0.15) is 45.4 Å². The minimum atomic E-state index is 0.544. The lowest BCUT2D eigenvalue weighted by Crippen LogP contribution is -2.31. The summed E-state index contributed by atoms with van der Waals surface area (Å²) >= 11 is 0. The van der Waals surface area contributed by atoms with Gasteiger partial charge < -0.3 is 10.2 Å². The molecule has 0 aliphatic heterocycles. The number of nitrogens with one attached hydrogen (secondary N) is 1. The molecule has 0 amide bonds. The summed E-state index contributed by atoms with van der Waals surface area (Å²) in [4.78, 5) is 6.82. The van der Waals surface area contributed by atoms with E-state index in [2.05, 4.69) is 62.9 Å². The molecule has 0 aliphatic rings. The van der Waals surface area contributed by atoms with Gasteiger partial charge in [-0.25, -0.2) is 0 Å². The first-order valence-electron chi connectivity index (χ1n) is 7.34. The molecule has 3 nitrogen and oxygen atoms in total. The van der Waals surface area contributed by atoms with Gasteiger partial charge >= 0.3 is 0 Å². The molecule has 0 aromatic carbocycles. The van der Waals surface area contributed by atoms with E-state index < -0.39 is 0 Å². The van der Waals surface area contributed by atoms with Crippen LogP contribution in [0, 0.1) is 12.8 Å². The van der Waals surface area contributed by atoms with Gasteiger partial charge in [-0.15, -0.1) is 0 Å². The number of hydrogen-bond donors (Lipinski definition) is 1. The molecule has 0 bridgehead atoms. The van der Waals surface area contributed by atoms with Crippen LogP contribution < -0.4 is 10.2 Å². The van der Waals surface area contributed by atoms with E-state index in [0.717, 1.165) is 24.7 Å². The highest BCUT2D eigenvalue weighted by atomic mass is 15.1. The summed E-state index contributed by atoms with van der Waals surface area (Å²) in [6, 6.07) is 2.74. The molecule has 19 heavy (non-hydrogen) atoms. The van der Waals surface area contributed by atoms with Crippen molar-refractivity contribution in [3.63, 3.8) is 0 Å². The highest BCUT2D eigenvalue weighted by Crippen LogP contribution is 2.24. The van der Waals surface area contributed by atoms with Gasteiger partial charge in [0.05, 0.1) is 0 Å². The second kappa shape index (κ2) is 7.49. The molecule has 0 spiro atoms. The molecule has 1 aromatic rings. The Balaban J connectivity index is 2.92. The van der Waals surface area contributed by atoms with E-state index in [9.17, 15) is 0 Å². The maximum atomic E-state index is 4.43. The average Bonchev–Trinajstić information content (AvgIpc) is 2.35. The Kier molecular flexibility index (Phi) is 6.29. The monoisotopic (exact) mass is 263 g/mol. The van der Waals surface area contributed by atoms with Crippen molar-refractivity contribution >= 4 is 5.69 Å². The van der Waals surface area contributed by atoms with Crippen molar-refractivity contribution in [1.29, 1.82) is 0 Å². The Labute approximate surface area is 118 Å². The van der Waals surface area contributed by atoms with Gasteiger partial charge in [0.25, 0.3) is 0 Å². The zero-order chi connectivity index (χ0) is 14.4. The molecule has 0 saturated heterocycles. The quantitative estimate of drug-likeness (QED) is 0.817. The van der Waals surface area contributed by atoms with E-state index in [-0.39, 0.29) is 0 Å². The lowest BCUT2D eigenvalue weighted by atomic mass is 10.0. The van der Waals surface area contributed by atoms with E-state index in [1.807, 2.05) is 6.20 Å².